The van der Waals surface area contributed by atoms with E-state index in [9.17, 15) is 19.7 Å². The van der Waals surface area contributed by atoms with Gasteiger partial charge in [0, 0.05) is 17.8 Å². The van der Waals surface area contributed by atoms with E-state index in [1.165, 1.54) is 24.3 Å². The maximum atomic E-state index is 11.6. The molecule has 0 saturated carbocycles. The first-order valence-corrected chi connectivity index (χ1v) is 5.86. The van der Waals surface area contributed by atoms with Crippen LogP contribution in [0.5, 0.6) is 0 Å². The van der Waals surface area contributed by atoms with Crippen LogP contribution < -0.4 is 10.6 Å². The van der Waals surface area contributed by atoms with Crippen molar-refractivity contribution in [1.29, 1.82) is 0 Å². The van der Waals surface area contributed by atoms with Gasteiger partial charge in [-0.2, -0.15) is 0 Å². The molecule has 0 aliphatic rings. The highest BCUT2D eigenvalue weighted by atomic mass is 16.6. The first-order valence-electron chi connectivity index (χ1n) is 5.86. The lowest BCUT2D eigenvalue weighted by Gasteiger charge is -2.18. The Bertz CT molecular complexity index is 512. The predicted octanol–water partition coefficient (Wildman–Crippen LogP) is 1.83. The molecule has 2 amide bonds. The summed E-state index contributed by atoms with van der Waals surface area (Å²) in [7, 11) is 0. The number of urea groups is 1. The minimum Gasteiger partial charge on any atom is -0.480 e. The first-order chi connectivity index (χ1) is 9.31. The van der Waals surface area contributed by atoms with Gasteiger partial charge in [-0.1, -0.05) is 13.8 Å². The lowest BCUT2D eigenvalue weighted by Crippen LogP contribution is -2.46. The van der Waals surface area contributed by atoms with E-state index in [0.717, 1.165) is 0 Å². The number of nitrogens with one attached hydrogen (secondary N) is 2. The summed E-state index contributed by atoms with van der Waals surface area (Å²) >= 11 is 0. The van der Waals surface area contributed by atoms with Crippen molar-refractivity contribution in [3.05, 3.63) is 34.4 Å². The largest absolute Gasteiger partial charge is 0.480 e. The second kappa shape index (κ2) is 6.50. The molecular weight excluding hydrogens is 266 g/mol. The van der Waals surface area contributed by atoms with E-state index >= 15 is 0 Å². The molecule has 108 valence electrons. The zero-order valence-electron chi connectivity index (χ0n) is 11.0. The van der Waals surface area contributed by atoms with E-state index in [4.69, 9.17) is 5.11 Å². The quantitative estimate of drug-likeness (QED) is 0.561. The molecule has 0 aliphatic heterocycles. The Morgan fingerprint density at radius 3 is 2.20 bits per heavy atom. The molecule has 8 nitrogen and oxygen atoms in total. The summed E-state index contributed by atoms with van der Waals surface area (Å²) in [6.45, 7) is 3.34. The molecule has 0 unspecified atom stereocenters. The smallest absolute Gasteiger partial charge is 0.326 e. The van der Waals surface area contributed by atoms with Gasteiger partial charge in [-0.25, -0.2) is 9.59 Å². The number of benzene rings is 1. The van der Waals surface area contributed by atoms with Crippen LogP contribution in [0, 0.1) is 16.0 Å². The van der Waals surface area contributed by atoms with Crippen molar-refractivity contribution >= 4 is 23.4 Å². The zero-order chi connectivity index (χ0) is 15.3. The molecule has 0 fully saturated rings. The SMILES string of the molecule is CC(C)[C@@H](NC(=O)Nc1ccc([N+](=O)[O-])cc1)C(=O)O. The summed E-state index contributed by atoms with van der Waals surface area (Å²) in [4.78, 5) is 32.5. The second-order valence-electron chi connectivity index (χ2n) is 4.46. The van der Waals surface area contributed by atoms with Crippen LogP contribution in [0.15, 0.2) is 24.3 Å². The van der Waals surface area contributed by atoms with E-state index in [0.29, 0.717) is 5.69 Å². The Balaban J connectivity index is 2.66. The Hall–Kier alpha value is -2.64. The maximum Gasteiger partial charge on any atom is 0.326 e. The van der Waals surface area contributed by atoms with E-state index in [2.05, 4.69) is 10.6 Å². The van der Waals surface area contributed by atoms with Crippen LogP contribution in [0.4, 0.5) is 16.2 Å². The number of rotatable bonds is 5. The molecule has 8 heteroatoms. The number of nitrogens with zero attached hydrogens (tertiary/aromatic N) is 1. The minimum atomic E-state index is -1.13. The summed E-state index contributed by atoms with van der Waals surface area (Å²) in [5.74, 6) is -1.39. The number of hydrogen-bond acceptors (Lipinski definition) is 4. The van der Waals surface area contributed by atoms with E-state index in [1.54, 1.807) is 13.8 Å². The Morgan fingerprint density at radius 2 is 1.80 bits per heavy atom. The topological polar surface area (TPSA) is 122 Å². The zero-order valence-corrected chi connectivity index (χ0v) is 11.0. The van der Waals surface area contributed by atoms with E-state index < -0.39 is 23.0 Å². The highest BCUT2D eigenvalue weighted by molar-refractivity contribution is 5.92. The molecule has 0 aromatic heterocycles. The molecule has 1 aromatic rings. The number of carbonyl (C=O) groups is 2. The Labute approximate surface area is 114 Å². The summed E-state index contributed by atoms with van der Waals surface area (Å²) in [5, 5.41) is 24.1. The molecule has 3 N–H and O–H groups in total. The van der Waals surface area contributed by atoms with Crippen LogP contribution in [-0.2, 0) is 4.79 Å². The predicted molar refractivity (Wildman–Crippen MR) is 71.5 cm³/mol. The number of nitro groups is 1. The number of hydrogen-bond donors (Lipinski definition) is 3. The van der Waals surface area contributed by atoms with Gasteiger partial charge in [0.05, 0.1) is 4.92 Å². The molecule has 0 spiro atoms. The Morgan fingerprint density at radius 1 is 1.25 bits per heavy atom. The molecule has 0 radical (unpaired) electrons. The lowest BCUT2D eigenvalue weighted by molar-refractivity contribution is -0.384. The molecule has 0 bridgehead atoms. The summed E-state index contributed by atoms with van der Waals surface area (Å²) in [6.07, 6.45) is 0. The average Bonchev–Trinajstić information content (AvgIpc) is 2.35. The number of amides is 2. The van der Waals surface area contributed by atoms with Gasteiger partial charge in [0.2, 0.25) is 0 Å². The van der Waals surface area contributed by atoms with Crippen molar-refractivity contribution in [1.82, 2.24) is 5.32 Å². The van der Waals surface area contributed by atoms with Gasteiger partial charge in [-0.05, 0) is 18.1 Å². The fourth-order valence-corrected chi connectivity index (χ4v) is 1.49. The van der Waals surface area contributed by atoms with Gasteiger partial charge in [0.25, 0.3) is 5.69 Å². The van der Waals surface area contributed by atoms with Crippen LogP contribution in [-0.4, -0.2) is 28.1 Å². The molecule has 0 heterocycles. The first kappa shape index (κ1) is 15.4. The van der Waals surface area contributed by atoms with Crippen molar-refractivity contribution in [2.75, 3.05) is 5.32 Å². The fraction of sp³-hybridized carbons (Fsp3) is 0.333. The number of carboxylic acids is 1. The van der Waals surface area contributed by atoms with Gasteiger partial charge in [0.1, 0.15) is 6.04 Å². The van der Waals surface area contributed by atoms with Gasteiger partial charge >= 0.3 is 12.0 Å². The van der Waals surface area contributed by atoms with Crippen molar-refractivity contribution in [2.24, 2.45) is 5.92 Å². The van der Waals surface area contributed by atoms with Gasteiger partial charge in [-0.15, -0.1) is 0 Å². The third kappa shape index (κ3) is 4.23. The normalized spacial score (nSPS) is 11.8. The molecule has 1 aromatic carbocycles. The van der Waals surface area contributed by atoms with Gasteiger partial charge < -0.3 is 15.7 Å². The molecule has 1 rings (SSSR count). The fourth-order valence-electron chi connectivity index (χ4n) is 1.49. The average molecular weight is 281 g/mol. The van der Waals surface area contributed by atoms with Crippen molar-refractivity contribution < 1.29 is 19.6 Å². The highest BCUT2D eigenvalue weighted by Gasteiger charge is 2.23. The minimum absolute atomic E-state index is 0.0958. The number of aliphatic carboxylic acids is 1. The monoisotopic (exact) mass is 281 g/mol. The maximum absolute atomic E-state index is 11.6. The standard InChI is InChI=1S/C12H15N3O5/c1-7(2)10(11(16)17)14-12(18)13-8-3-5-9(6-4-8)15(19)20/h3-7,10H,1-2H3,(H,16,17)(H2,13,14,18)/t10-/m1/s1. The molecule has 1 atom stereocenters. The number of non-ortho nitro benzene ring substituents is 1. The molecule has 20 heavy (non-hydrogen) atoms. The van der Waals surface area contributed by atoms with Crippen LogP contribution in [0.1, 0.15) is 13.8 Å². The van der Waals surface area contributed by atoms with Gasteiger partial charge in [-0.3, -0.25) is 10.1 Å². The second-order valence-corrected chi connectivity index (χ2v) is 4.46. The summed E-state index contributed by atoms with van der Waals surface area (Å²) in [6, 6.07) is 3.53. The van der Waals surface area contributed by atoms with E-state index in [-0.39, 0.29) is 11.6 Å². The van der Waals surface area contributed by atoms with Crippen LogP contribution in [0.2, 0.25) is 0 Å². The summed E-state index contributed by atoms with van der Waals surface area (Å²) < 4.78 is 0. The number of nitro benzene ring substituents is 1. The third-order valence-corrected chi connectivity index (χ3v) is 2.56. The van der Waals surface area contributed by atoms with Crippen molar-refractivity contribution in [2.45, 2.75) is 19.9 Å². The lowest BCUT2D eigenvalue weighted by atomic mass is 10.1. The number of anilines is 1. The van der Waals surface area contributed by atoms with E-state index in [1.807, 2.05) is 0 Å². The van der Waals surface area contributed by atoms with Gasteiger partial charge in [0.15, 0.2) is 0 Å². The van der Waals surface area contributed by atoms with Crippen molar-refractivity contribution in [3.8, 4) is 0 Å². The molecular formula is C12H15N3O5. The summed E-state index contributed by atoms with van der Waals surface area (Å²) in [5.41, 5.74) is 0.238. The number of carbonyl (C=O) groups excluding carboxylic acids is 1. The van der Waals surface area contributed by atoms with Crippen LogP contribution in [0.25, 0.3) is 0 Å². The molecule has 0 aliphatic carbocycles. The van der Waals surface area contributed by atoms with Crippen molar-refractivity contribution in [3.63, 3.8) is 0 Å². The number of carboxylic acid groups (broad SMARTS) is 1. The van der Waals surface area contributed by atoms with Crippen LogP contribution >= 0.6 is 0 Å². The highest BCUT2D eigenvalue weighted by Crippen LogP contribution is 2.15. The Kier molecular flexibility index (Phi) is 5.01. The third-order valence-electron chi connectivity index (χ3n) is 2.56. The van der Waals surface area contributed by atoms with Crippen LogP contribution in [0.3, 0.4) is 0 Å². The molecule has 0 saturated heterocycles.